The van der Waals surface area contributed by atoms with Crippen LogP contribution in [0, 0.1) is 0 Å². The molecule has 0 heterocycles. The first kappa shape index (κ1) is 23.7. The molecule has 0 saturated heterocycles. The fourth-order valence-corrected chi connectivity index (χ4v) is 1.25. The van der Waals surface area contributed by atoms with Crippen LogP contribution in [0.4, 0.5) is 0 Å². The summed E-state index contributed by atoms with van der Waals surface area (Å²) in [6, 6.07) is 0. The Balaban J connectivity index is -0.0000000320. The van der Waals surface area contributed by atoms with Gasteiger partial charge in [-0.15, -0.1) is 0 Å². The second kappa shape index (κ2) is 8.32. The average Bonchev–Trinajstić information content (AvgIpc) is 1.14. The molecular weight excluding hydrogens is 285 g/mol. The molecule has 6 N–H and O–H groups in total. The fourth-order valence-electron chi connectivity index (χ4n) is 0.139. The first-order valence-electron chi connectivity index (χ1n) is 1.53. The molecule has 0 aromatic carbocycles. The van der Waals surface area contributed by atoms with Crippen molar-refractivity contribution in [1.82, 2.24) is 0 Å². The molecule has 0 saturated carbocycles. The minimum Gasteiger partial charge on any atom is -1.00 e. The Labute approximate surface area is 111 Å². The molecule has 0 aromatic rings. The van der Waals surface area contributed by atoms with Crippen molar-refractivity contribution < 1.29 is 58.4 Å². The summed E-state index contributed by atoms with van der Waals surface area (Å²) in [5.41, 5.74) is 0. The Morgan fingerprint density at radius 2 is 1.17 bits per heavy atom. The minimum absolute atomic E-state index is 0. The Kier molecular flexibility index (Phi) is 16.4. The molecule has 0 fully saturated rings. The van der Waals surface area contributed by atoms with Crippen molar-refractivity contribution in [2.24, 2.45) is 0 Å². The minimum atomic E-state index is -5.05. The van der Waals surface area contributed by atoms with Gasteiger partial charge in [-0.05, 0) is 0 Å². The van der Waals surface area contributed by atoms with Gasteiger partial charge in [-0.25, -0.2) is 9.13 Å². The maximum Gasteiger partial charge on any atom is 2.00 e. The van der Waals surface area contributed by atoms with Crippen LogP contribution in [0.25, 0.3) is 0 Å². The maximum atomic E-state index is 9.63. The van der Waals surface area contributed by atoms with Crippen LogP contribution < -0.4 is 0 Å². The van der Waals surface area contributed by atoms with Crippen molar-refractivity contribution >= 4 is 53.4 Å². The van der Waals surface area contributed by atoms with Gasteiger partial charge < -0.3 is 27.9 Å². The quantitative estimate of drug-likeness (QED) is 0.346. The molecule has 0 unspecified atom stereocenters. The average molecular weight is 293 g/mol. The predicted octanol–water partition coefficient (Wildman–Crippen LogP) is -1.79. The predicted molar refractivity (Wildman–Crippen MR) is 36.8 cm³/mol. The van der Waals surface area contributed by atoms with E-state index in [-0.39, 0.29) is 63.1 Å². The van der Waals surface area contributed by atoms with Gasteiger partial charge in [-0.1, -0.05) is 0 Å². The van der Waals surface area contributed by atoms with Crippen LogP contribution in [0.5, 0.6) is 0 Å². The second-order valence-electron chi connectivity index (χ2n) is 1.06. The molecule has 0 amide bonds. The summed E-state index contributed by atoms with van der Waals surface area (Å²) in [6.45, 7) is 0. The first-order chi connectivity index (χ1) is 3.71. The third-order valence-corrected chi connectivity index (χ3v) is 1.91. The molecule has 0 bridgehead atoms. The van der Waals surface area contributed by atoms with E-state index in [0.29, 0.717) is 0 Å². The van der Waals surface area contributed by atoms with E-state index in [9.17, 15) is 9.13 Å². The van der Waals surface area contributed by atoms with E-state index in [1.807, 2.05) is 0 Å². The van der Waals surface area contributed by atoms with Crippen LogP contribution in [-0.4, -0.2) is 62.8 Å². The van der Waals surface area contributed by atoms with Gasteiger partial charge in [0.25, 0.3) is 0 Å². The number of hydrogen-bond donors (Lipinski definition) is 4. The number of rotatable bonds is 2. The van der Waals surface area contributed by atoms with Gasteiger partial charge in [0.05, 0.1) is 0 Å². The van der Waals surface area contributed by atoms with E-state index >= 15 is 0 Å². The van der Waals surface area contributed by atoms with Crippen LogP contribution in [-0.2, 0) is 30.5 Å². The van der Waals surface area contributed by atoms with E-state index < -0.39 is 15.6 Å². The summed E-state index contributed by atoms with van der Waals surface area (Å²) in [7, 11) is -10.1. The molecule has 0 spiro atoms. The van der Waals surface area contributed by atoms with Crippen molar-refractivity contribution in [1.29, 1.82) is 0 Å². The third-order valence-electron chi connectivity index (χ3n) is 0.213. The summed E-state index contributed by atoms with van der Waals surface area (Å²) >= 11 is 0. The molecule has 0 atom stereocenters. The molecule has 0 aliphatic rings. The Morgan fingerprint density at radius 1 is 1.00 bits per heavy atom. The summed E-state index contributed by atoms with van der Waals surface area (Å²) in [5, 5.41) is 0. The van der Waals surface area contributed by atoms with Crippen LogP contribution in [0.3, 0.4) is 0 Å². The van der Waals surface area contributed by atoms with E-state index in [2.05, 4.69) is 4.31 Å². The largest absolute Gasteiger partial charge is 2.00 e. The zero-order valence-corrected chi connectivity index (χ0v) is 10.7. The molecule has 12 heteroatoms. The zero-order valence-electron chi connectivity index (χ0n) is 7.49. The molecule has 0 aliphatic carbocycles. The molecule has 75 valence electrons. The monoisotopic (exact) mass is 293 g/mol. The SMILES string of the molecule is O.O=P(O)(O)OP(=O)(O)O.[Ca+2].[H-].[H-].[Mn]. The van der Waals surface area contributed by atoms with Gasteiger partial charge in [0.15, 0.2) is 0 Å². The third kappa shape index (κ3) is 22.7. The van der Waals surface area contributed by atoms with Crippen molar-refractivity contribution in [3.63, 3.8) is 0 Å². The van der Waals surface area contributed by atoms with Crippen molar-refractivity contribution in [3.05, 3.63) is 0 Å². The second-order valence-corrected chi connectivity index (χ2v) is 3.68. The van der Waals surface area contributed by atoms with Crippen LogP contribution in [0.1, 0.15) is 2.85 Å². The van der Waals surface area contributed by atoms with Gasteiger partial charge in [0, 0.05) is 17.1 Å². The van der Waals surface area contributed by atoms with Gasteiger partial charge in [-0.3, -0.25) is 0 Å². The van der Waals surface area contributed by atoms with Gasteiger partial charge in [-0.2, -0.15) is 4.31 Å². The normalized spacial score (nSPS) is 10.3. The molecular formula is H8CaMnO8P2. The van der Waals surface area contributed by atoms with E-state index in [4.69, 9.17) is 19.6 Å². The summed E-state index contributed by atoms with van der Waals surface area (Å²) in [6.07, 6.45) is 0. The summed E-state index contributed by atoms with van der Waals surface area (Å²) in [5.74, 6) is 0. The summed E-state index contributed by atoms with van der Waals surface area (Å²) < 4.78 is 22.2. The molecule has 8 nitrogen and oxygen atoms in total. The Morgan fingerprint density at radius 3 is 1.17 bits per heavy atom. The van der Waals surface area contributed by atoms with Gasteiger partial charge >= 0.3 is 53.4 Å². The molecule has 1 radical (unpaired) electrons. The standard InChI is InChI=1S/Ca.Mn.H4O7P2.H2O.2H/c;;1-8(2,3)7-9(4,5)6;;;/h;;(H2,1,2,3)(H2,4,5,6);1H2;;/q+2;;;;2*-1. The topological polar surface area (TPSA) is 156 Å². The van der Waals surface area contributed by atoms with E-state index in [1.165, 1.54) is 0 Å². The summed E-state index contributed by atoms with van der Waals surface area (Å²) in [4.78, 5) is 31.0. The van der Waals surface area contributed by atoms with Crippen molar-refractivity contribution in [2.75, 3.05) is 0 Å². The molecule has 12 heavy (non-hydrogen) atoms. The molecule has 0 rings (SSSR count). The fraction of sp³-hybridized carbons (Fsp3) is 0. The first-order valence-corrected chi connectivity index (χ1v) is 4.59. The number of phosphoric acid groups is 2. The Hall–Kier alpha value is 2.00. The smallest absolute Gasteiger partial charge is 1.00 e. The van der Waals surface area contributed by atoms with E-state index in [0.717, 1.165) is 0 Å². The van der Waals surface area contributed by atoms with Crippen molar-refractivity contribution in [3.8, 4) is 0 Å². The van der Waals surface area contributed by atoms with Crippen molar-refractivity contribution in [2.45, 2.75) is 0 Å². The number of hydrogen-bond acceptors (Lipinski definition) is 3. The maximum absolute atomic E-state index is 9.63. The van der Waals surface area contributed by atoms with Crippen LogP contribution >= 0.6 is 15.6 Å². The van der Waals surface area contributed by atoms with E-state index in [1.54, 1.807) is 0 Å². The van der Waals surface area contributed by atoms with Crippen LogP contribution in [0.15, 0.2) is 0 Å². The van der Waals surface area contributed by atoms with Gasteiger partial charge in [0.2, 0.25) is 0 Å². The van der Waals surface area contributed by atoms with Gasteiger partial charge in [0.1, 0.15) is 0 Å². The zero-order chi connectivity index (χ0) is 7.71. The van der Waals surface area contributed by atoms with Crippen LogP contribution in [0.2, 0.25) is 0 Å². The molecule has 0 aliphatic heterocycles. The molecule has 0 aromatic heterocycles. The Bertz CT molecular complexity index is 166.